The molecule has 7 heteroatoms. The van der Waals surface area contributed by atoms with Gasteiger partial charge in [0.05, 0.1) is 12.8 Å². The molecule has 2 amide bonds. The summed E-state index contributed by atoms with van der Waals surface area (Å²) in [5.41, 5.74) is 1.10. The topological polar surface area (TPSA) is 89.2 Å². The van der Waals surface area contributed by atoms with Crippen molar-refractivity contribution in [2.45, 2.75) is 19.5 Å². The van der Waals surface area contributed by atoms with E-state index in [4.69, 9.17) is 4.42 Å². The van der Waals surface area contributed by atoms with Crippen molar-refractivity contribution in [2.75, 3.05) is 5.32 Å². The molecule has 0 aliphatic carbocycles. The van der Waals surface area contributed by atoms with Gasteiger partial charge in [0.2, 0.25) is 0 Å². The largest absolute Gasteiger partial charge is 0.459 e. The van der Waals surface area contributed by atoms with Gasteiger partial charge < -0.3 is 15.1 Å². The summed E-state index contributed by atoms with van der Waals surface area (Å²) in [4.78, 5) is 24.2. The van der Waals surface area contributed by atoms with E-state index < -0.39 is 0 Å². The second kappa shape index (κ2) is 7.48. The number of carbonyl (C=O) groups excluding carboxylic acids is 2. The number of aromatic nitrogens is 2. The third-order valence-electron chi connectivity index (χ3n) is 3.55. The third-order valence-corrected chi connectivity index (χ3v) is 3.55. The number of anilines is 1. The Morgan fingerprint density at radius 2 is 1.96 bits per heavy atom. The SMILES string of the molecule is CC(Cn1cccn1)NC(=O)c1ccc(NC(=O)c2ccco2)cc1. The highest BCUT2D eigenvalue weighted by Gasteiger charge is 2.12. The van der Waals surface area contributed by atoms with Crippen molar-refractivity contribution in [3.05, 3.63) is 72.4 Å². The minimum absolute atomic E-state index is 0.0641. The van der Waals surface area contributed by atoms with Crippen LogP contribution in [0, 0.1) is 0 Å². The van der Waals surface area contributed by atoms with E-state index in [1.54, 1.807) is 47.3 Å². The molecular weight excluding hydrogens is 320 g/mol. The van der Waals surface area contributed by atoms with Crippen LogP contribution in [0.1, 0.15) is 27.8 Å². The van der Waals surface area contributed by atoms with Crippen LogP contribution in [-0.4, -0.2) is 27.6 Å². The summed E-state index contributed by atoms with van der Waals surface area (Å²) in [6.07, 6.45) is 4.98. The molecule has 0 aliphatic rings. The summed E-state index contributed by atoms with van der Waals surface area (Å²) >= 11 is 0. The normalized spacial score (nSPS) is 11.7. The van der Waals surface area contributed by atoms with Gasteiger partial charge in [-0.15, -0.1) is 0 Å². The summed E-state index contributed by atoms with van der Waals surface area (Å²) in [5.74, 6) is -0.284. The lowest BCUT2D eigenvalue weighted by molar-refractivity contribution is 0.0935. The Labute approximate surface area is 144 Å². The predicted molar refractivity (Wildman–Crippen MR) is 92.3 cm³/mol. The Balaban J connectivity index is 1.56. The summed E-state index contributed by atoms with van der Waals surface area (Å²) < 4.78 is 6.80. The molecule has 2 aromatic heterocycles. The van der Waals surface area contributed by atoms with E-state index in [2.05, 4.69) is 15.7 Å². The number of rotatable bonds is 6. The zero-order valence-electron chi connectivity index (χ0n) is 13.7. The fraction of sp³-hybridized carbons (Fsp3) is 0.167. The molecule has 7 nitrogen and oxygen atoms in total. The molecule has 3 rings (SSSR count). The highest BCUT2D eigenvalue weighted by molar-refractivity contribution is 6.02. The molecule has 2 heterocycles. The molecule has 2 N–H and O–H groups in total. The van der Waals surface area contributed by atoms with Crippen molar-refractivity contribution < 1.29 is 14.0 Å². The van der Waals surface area contributed by atoms with Crippen molar-refractivity contribution in [1.82, 2.24) is 15.1 Å². The van der Waals surface area contributed by atoms with E-state index in [0.717, 1.165) is 0 Å². The van der Waals surface area contributed by atoms with Gasteiger partial charge in [-0.25, -0.2) is 0 Å². The van der Waals surface area contributed by atoms with Crippen LogP contribution in [0.4, 0.5) is 5.69 Å². The third kappa shape index (κ3) is 4.35. The van der Waals surface area contributed by atoms with Crippen molar-refractivity contribution in [3.63, 3.8) is 0 Å². The van der Waals surface area contributed by atoms with Crippen molar-refractivity contribution in [2.24, 2.45) is 0 Å². The van der Waals surface area contributed by atoms with Gasteiger partial charge in [0.1, 0.15) is 0 Å². The quantitative estimate of drug-likeness (QED) is 0.723. The molecule has 0 bridgehead atoms. The van der Waals surface area contributed by atoms with E-state index >= 15 is 0 Å². The molecule has 25 heavy (non-hydrogen) atoms. The van der Waals surface area contributed by atoms with Crippen LogP contribution in [0.3, 0.4) is 0 Å². The number of amides is 2. The molecular formula is C18H18N4O3. The number of hydrogen-bond donors (Lipinski definition) is 2. The first-order chi connectivity index (χ1) is 12.1. The lowest BCUT2D eigenvalue weighted by atomic mass is 10.1. The van der Waals surface area contributed by atoms with E-state index in [9.17, 15) is 9.59 Å². The molecule has 0 saturated heterocycles. The monoisotopic (exact) mass is 338 g/mol. The number of nitrogens with one attached hydrogen (secondary N) is 2. The van der Waals surface area contributed by atoms with E-state index in [1.807, 2.05) is 19.2 Å². The Morgan fingerprint density at radius 1 is 1.16 bits per heavy atom. The molecule has 0 fully saturated rings. The number of nitrogens with zero attached hydrogens (tertiary/aromatic N) is 2. The molecule has 1 aromatic carbocycles. The molecule has 0 radical (unpaired) electrons. The molecule has 0 spiro atoms. The second-order valence-corrected chi connectivity index (χ2v) is 5.61. The van der Waals surface area contributed by atoms with Crippen molar-refractivity contribution in [3.8, 4) is 0 Å². The van der Waals surface area contributed by atoms with E-state index in [1.165, 1.54) is 6.26 Å². The van der Waals surface area contributed by atoms with Gasteiger partial charge in [-0.2, -0.15) is 5.10 Å². The maximum atomic E-state index is 12.3. The number of furan rings is 1. The number of hydrogen-bond acceptors (Lipinski definition) is 4. The van der Waals surface area contributed by atoms with Gasteiger partial charge in [0.25, 0.3) is 11.8 Å². The first-order valence-electron chi connectivity index (χ1n) is 7.85. The van der Waals surface area contributed by atoms with Crippen LogP contribution in [0.2, 0.25) is 0 Å². The van der Waals surface area contributed by atoms with Gasteiger partial charge in [0, 0.05) is 29.7 Å². The minimum atomic E-state index is -0.338. The Morgan fingerprint density at radius 3 is 2.60 bits per heavy atom. The average Bonchev–Trinajstić information content (AvgIpc) is 3.29. The van der Waals surface area contributed by atoms with Gasteiger partial charge in [-0.1, -0.05) is 0 Å². The summed E-state index contributed by atoms with van der Waals surface area (Å²) in [5, 5.41) is 9.73. The zero-order chi connectivity index (χ0) is 17.6. The van der Waals surface area contributed by atoms with Gasteiger partial charge in [-0.05, 0) is 49.4 Å². The second-order valence-electron chi connectivity index (χ2n) is 5.61. The first-order valence-corrected chi connectivity index (χ1v) is 7.85. The predicted octanol–water partition coefficient (Wildman–Crippen LogP) is 2.55. The van der Waals surface area contributed by atoms with Crippen LogP contribution < -0.4 is 10.6 Å². The van der Waals surface area contributed by atoms with Crippen LogP contribution in [0.15, 0.2) is 65.5 Å². The molecule has 1 unspecified atom stereocenters. The maximum absolute atomic E-state index is 12.3. The summed E-state index contributed by atoms with van der Waals surface area (Å²) in [6.45, 7) is 2.51. The zero-order valence-corrected chi connectivity index (χ0v) is 13.7. The van der Waals surface area contributed by atoms with Crippen LogP contribution >= 0.6 is 0 Å². The fourth-order valence-corrected chi connectivity index (χ4v) is 2.35. The van der Waals surface area contributed by atoms with E-state index in [-0.39, 0.29) is 23.6 Å². The lowest BCUT2D eigenvalue weighted by Crippen LogP contribution is -2.35. The van der Waals surface area contributed by atoms with Gasteiger partial charge in [-0.3, -0.25) is 14.3 Å². The van der Waals surface area contributed by atoms with Crippen LogP contribution in [0.5, 0.6) is 0 Å². The highest BCUT2D eigenvalue weighted by Crippen LogP contribution is 2.12. The maximum Gasteiger partial charge on any atom is 0.291 e. The molecule has 0 aliphatic heterocycles. The van der Waals surface area contributed by atoms with Crippen molar-refractivity contribution in [1.29, 1.82) is 0 Å². The standard InChI is InChI=1S/C18H18N4O3/c1-13(12-22-10-3-9-19-22)20-17(23)14-5-7-15(8-6-14)21-18(24)16-4-2-11-25-16/h2-11,13H,12H2,1H3,(H,20,23)(H,21,24). The van der Waals surface area contributed by atoms with Crippen LogP contribution in [0.25, 0.3) is 0 Å². The van der Waals surface area contributed by atoms with Crippen LogP contribution in [-0.2, 0) is 6.54 Å². The van der Waals surface area contributed by atoms with Crippen molar-refractivity contribution >= 4 is 17.5 Å². The molecule has 0 saturated carbocycles. The fourth-order valence-electron chi connectivity index (χ4n) is 2.35. The Kier molecular flexibility index (Phi) is 4.94. The number of carbonyl (C=O) groups is 2. The summed E-state index contributed by atoms with van der Waals surface area (Å²) in [7, 11) is 0. The summed E-state index contributed by atoms with van der Waals surface area (Å²) in [6, 6.07) is 11.7. The van der Waals surface area contributed by atoms with E-state index in [0.29, 0.717) is 17.8 Å². The first kappa shape index (κ1) is 16.5. The smallest absolute Gasteiger partial charge is 0.291 e. The molecule has 1 atom stereocenters. The van der Waals surface area contributed by atoms with Gasteiger partial charge >= 0.3 is 0 Å². The lowest BCUT2D eigenvalue weighted by Gasteiger charge is -2.14. The molecule has 3 aromatic rings. The highest BCUT2D eigenvalue weighted by atomic mass is 16.3. The minimum Gasteiger partial charge on any atom is -0.459 e. The average molecular weight is 338 g/mol. The Bertz CT molecular complexity index is 824. The Hall–Kier alpha value is -3.35. The number of benzene rings is 1. The molecule has 128 valence electrons. The van der Waals surface area contributed by atoms with Gasteiger partial charge in [0.15, 0.2) is 5.76 Å².